The molecule has 2 aromatic heterocycles. The van der Waals surface area contributed by atoms with Crippen LogP contribution >= 0.6 is 12.2 Å². The lowest BCUT2D eigenvalue weighted by molar-refractivity contribution is -0.116. The molecule has 2 N–H and O–H groups in total. The number of nitrogens with one attached hydrogen (secondary N) is 2. The fraction of sp³-hybridized carbons (Fsp3) is 0.0833. The summed E-state index contributed by atoms with van der Waals surface area (Å²) < 4.78 is 6.84. The number of nitrogens with zero attached hydrogens (tertiary/aromatic N) is 2. The van der Waals surface area contributed by atoms with Gasteiger partial charge in [0.05, 0.1) is 5.52 Å². The molecule has 3 aromatic rings. The molecule has 0 aliphatic carbocycles. The summed E-state index contributed by atoms with van der Waals surface area (Å²) in [6.45, 7) is 0.168. The molecule has 0 unspecified atom stereocenters. The molecule has 3 rings (SSSR count). The molecule has 1 aromatic carbocycles. The van der Waals surface area contributed by atoms with E-state index in [0.29, 0.717) is 16.1 Å². The fourth-order valence-electron chi connectivity index (χ4n) is 1.76. The topological polar surface area (TPSA) is 75.8 Å². The number of oxazole rings is 1. The summed E-state index contributed by atoms with van der Waals surface area (Å²) in [6.07, 6.45) is 3.36. The van der Waals surface area contributed by atoms with E-state index in [2.05, 4.69) is 15.4 Å². The van der Waals surface area contributed by atoms with Crippen molar-refractivity contribution in [3.05, 3.63) is 41.5 Å². The molecule has 2 heterocycles. The van der Waals surface area contributed by atoms with Crippen molar-refractivity contribution in [1.29, 1.82) is 0 Å². The molecule has 0 aliphatic rings. The highest BCUT2D eigenvalue weighted by atomic mass is 32.1. The predicted octanol–water partition coefficient (Wildman–Crippen LogP) is 2.33. The van der Waals surface area contributed by atoms with E-state index in [1.807, 2.05) is 0 Å². The third kappa shape index (κ3) is 2.55. The van der Waals surface area contributed by atoms with Gasteiger partial charge >= 0.3 is 0 Å². The van der Waals surface area contributed by atoms with Gasteiger partial charge in [0.15, 0.2) is 5.58 Å². The van der Waals surface area contributed by atoms with Crippen LogP contribution in [-0.2, 0) is 11.3 Å². The summed E-state index contributed by atoms with van der Waals surface area (Å²) in [6, 6.07) is 7.08. The van der Waals surface area contributed by atoms with Crippen LogP contribution in [0, 0.1) is 4.84 Å². The highest BCUT2D eigenvalue weighted by Gasteiger charge is 2.06. The number of aromatic nitrogens is 3. The summed E-state index contributed by atoms with van der Waals surface area (Å²) in [5, 5.41) is 6.74. The summed E-state index contributed by atoms with van der Waals surface area (Å²) in [5.74, 6) is -0.155. The Labute approximate surface area is 113 Å². The molecule has 0 saturated heterocycles. The third-order valence-corrected chi connectivity index (χ3v) is 2.75. The number of H-pyrrole nitrogens is 1. The zero-order valence-corrected chi connectivity index (χ0v) is 10.6. The maximum Gasteiger partial charge on any atom is 0.266 e. The van der Waals surface area contributed by atoms with E-state index < -0.39 is 0 Å². The van der Waals surface area contributed by atoms with Gasteiger partial charge in [0.1, 0.15) is 6.54 Å². The fourth-order valence-corrected chi connectivity index (χ4v) is 1.96. The van der Waals surface area contributed by atoms with E-state index in [1.54, 1.807) is 41.3 Å². The molecule has 1 amide bonds. The number of carbonyl (C=O) groups is 1. The smallest absolute Gasteiger partial charge is 0.266 e. The minimum Gasteiger partial charge on any atom is -0.429 e. The largest absolute Gasteiger partial charge is 0.429 e. The number of hydrogen-bond donors (Lipinski definition) is 2. The predicted molar refractivity (Wildman–Crippen MR) is 72.3 cm³/mol. The molecule has 0 atom stereocenters. The quantitative estimate of drug-likeness (QED) is 0.719. The van der Waals surface area contributed by atoms with E-state index in [0.717, 1.165) is 5.52 Å². The van der Waals surface area contributed by atoms with Gasteiger partial charge in [0.25, 0.3) is 4.84 Å². The van der Waals surface area contributed by atoms with Crippen molar-refractivity contribution in [2.24, 2.45) is 0 Å². The van der Waals surface area contributed by atoms with Gasteiger partial charge in [0.2, 0.25) is 5.91 Å². The van der Waals surface area contributed by atoms with Crippen LogP contribution in [0.25, 0.3) is 11.1 Å². The molecule has 0 spiro atoms. The van der Waals surface area contributed by atoms with Crippen molar-refractivity contribution in [2.75, 3.05) is 5.32 Å². The lowest BCUT2D eigenvalue weighted by Crippen LogP contribution is -2.18. The second-order valence-electron chi connectivity index (χ2n) is 3.98. The average molecular weight is 274 g/mol. The second kappa shape index (κ2) is 4.69. The average Bonchev–Trinajstić information content (AvgIpc) is 2.96. The molecule has 96 valence electrons. The van der Waals surface area contributed by atoms with Crippen LogP contribution in [0.4, 0.5) is 5.69 Å². The van der Waals surface area contributed by atoms with Gasteiger partial charge in [-0.25, -0.2) is 0 Å². The first-order chi connectivity index (χ1) is 9.20. The number of aromatic amines is 1. The number of carbonyl (C=O) groups excluding carboxylic acids is 1. The summed E-state index contributed by atoms with van der Waals surface area (Å²) in [7, 11) is 0. The summed E-state index contributed by atoms with van der Waals surface area (Å²) >= 11 is 4.90. The molecule has 6 nitrogen and oxygen atoms in total. The maximum absolute atomic E-state index is 11.8. The molecule has 0 bridgehead atoms. The SMILES string of the molecule is O=C(Cn1cccn1)Nc1ccc2[nH]c(=S)oc2c1. The van der Waals surface area contributed by atoms with E-state index in [4.69, 9.17) is 16.6 Å². The standard InChI is InChI=1S/C12H10N4O2S/c17-11(7-16-5-1-4-13-16)14-8-2-3-9-10(6-8)18-12(19)15-9/h1-6H,7H2,(H,14,17)(H,15,19). The molecule has 0 fully saturated rings. The Morgan fingerprint density at radius 2 is 2.42 bits per heavy atom. The van der Waals surface area contributed by atoms with Crippen LogP contribution in [0.2, 0.25) is 0 Å². The molecular weight excluding hydrogens is 264 g/mol. The van der Waals surface area contributed by atoms with E-state index in [1.165, 1.54) is 0 Å². The number of benzene rings is 1. The van der Waals surface area contributed by atoms with Gasteiger partial charge in [-0.3, -0.25) is 9.48 Å². The molecule has 0 radical (unpaired) electrons. The Hall–Kier alpha value is -2.41. The Balaban J connectivity index is 1.77. The Morgan fingerprint density at radius 3 is 3.21 bits per heavy atom. The number of amides is 1. The Bertz CT molecular complexity index is 772. The van der Waals surface area contributed by atoms with Crippen LogP contribution < -0.4 is 5.32 Å². The normalized spacial score (nSPS) is 10.7. The first-order valence-corrected chi connectivity index (χ1v) is 6.02. The van der Waals surface area contributed by atoms with Crippen molar-refractivity contribution < 1.29 is 9.21 Å². The highest BCUT2D eigenvalue weighted by molar-refractivity contribution is 7.71. The van der Waals surface area contributed by atoms with Gasteiger partial charge in [-0.05, 0) is 30.4 Å². The minimum absolute atomic E-state index is 0.155. The van der Waals surface area contributed by atoms with Crippen molar-refractivity contribution in [2.45, 2.75) is 6.54 Å². The van der Waals surface area contributed by atoms with Crippen LogP contribution in [0.1, 0.15) is 0 Å². The second-order valence-corrected chi connectivity index (χ2v) is 4.35. The van der Waals surface area contributed by atoms with Crippen molar-refractivity contribution in [3.63, 3.8) is 0 Å². The lowest BCUT2D eigenvalue weighted by atomic mass is 10.3. The minimum atomic E-state index is -0.155. The number of hydrogen-bond acceptors (Lipinski definition) is 4. The van der Waals surface area contributed by atoms with Gasteiger partial charge < -0.3 is 14.7 Å². The lowest BCUT2D eigenvalue weighted by Gasteiger charge is -2.04. The highest BCUT2D eigenvalue weighted by Crippen LogP contribution is 2.18. The molecule has 0 aliphatic heterocycles. The van der Waals surface area contributed by atoms with Crippen LogP contribution in [0.3, 0.4) is 0 Å². The van der Waals surface area contributed by atoms with Crippen LogP contribution in [0.15, 0.2) is 41.1 Å². The van der Waals surface area contributed by atoms with Crippen molar-refractivity contribution in [3.8, 4) is 0 Å². The summed E-state index contributed by atoms with van der Waals surface area (Å²) in [4.78, 5) is 15.0. The van der Waals surface area contributed by atoms with Crippen molar-refractivity contribution in [1.82, 2.24) is 14.8 Å². The number of fused-ring (bicyclic) bond motifs is 1. The Kier molecular flexibility index (Phi) is 2.88. The van der Waals surface area contributed by atoms with Gasteiger partial charge in [-0.2, -0.15) is 5.10 Å². The van der Waals surface area contributed by atoms with E-state index >= 15 is 0 Å². The monoisotopic (exact) mass is 274 g/mol. The molecule has 7 heteroatoms. The van der Waals surface area contributed by atoms with Gasteiger partial charge in [-0.15, -0.1) is 0 Å². The van der Waals surface area contributed by atoms with Gasteiger partial charge in [0, 0.05) is 24.1 Å². The van der Waals surface area contributed by atoms with Crippen molar-refractivity contribution >= 4 is 34.9 Å². The zero-order valence-electron chi connectivity index (χ0n) is 9.79. The first-order valence-electron chi connectivity index (χ1n) is 5.61. The summed E-state index contributed by atoms with van der Waals surface area (Å²) in [5.41, 5.74) is 2.07. The number of rotatable bonds is 3. The number of anilines is 1. The molecule has 0 saturated carbocycles. The third-order valence-electron chi connectivity index (χ3n) is 2.57. The van der Waals surface area contributed by atoms with E-state index in [-0.39, 0.29) is 12.5 Å². The first kappa shape index (κ1) is 11.7. The molecule has 19 heavy (non-hydrogen) atoms. The van der Waals surface area contributed by atoms with E-state index in [9.17, 15) is 4.79 Å². The maximum atomic E-state index is 11.8. The Morgan fingerprint density at radius 1 is 1.53 bits per heavy atom. The molecular formula is C12H10N4O2S. The zero-order chi connectivity index (χ0) is 13.2. The van der Waals surface area contributed by atoms with Crippen LogP contribution in [-0.4, -0.2) is 20.7 Å². The van der Waals surface area contributed by atoms with Crippen LogP contribution in [0.5, 0.6) is 0 Å². The van der Waals surface area contributed by atoms with Gasteiger partial charge in [-0.1, -0.05) is 0 Å².